The lowest BCUT2D eigenvalue weighted by molar-refractivity contribution is 0.0746. The first kappa shape index (κ1) is 26.1. The molecule has 2 aromatic carbocycles. The lowest BCUT2D eigenvalue weighted by Crippen LogP contribution is -2.49. The number of aryl methyl sites for hydroxylation is 1. The van der Waals surface area contributed by atoms with E-state index in [2.05, 4.69) is 49.9 Å². The van der Waals surface area contributed by atoms with Crippen LogP contribution in [0.4, 0.5) is 5.82 Å². The number of amides is 1. The molecule has 1 saturated heterocycles. The van der Waals surface area contributed by atoms with Gasteiger partial charge in [0.15, 0.2) is 0 Å². The number of carbonyl (C=O) groups is 1. The molecular formula is C29H35ClN4O2. The fourth-order valence-electron chi connectivity index (χ4n) is 4.59. The molecule has 0 N–H and O–H groups in total. The Kier molecular flexibility index (Phi) is 8.60. The van der Waals surface area contributed by atoms with Crippen LogP contribution < -0.4 is 4.90 Å². The molecule has 190 valence electrons. The van der Waals surface area contributed by atoms with Gasteiger partial charge in [0.2, 0.25) is 0 Å². The number of methoxy groups -OCH3 is 1. The molecule has 1 amide bonds. The Morgan fingerprint density at radius 2 is 1.83 bits per heavy atom. The monoisotopic (exact) mass is 506 g/mol. The predicted octanol–water partition coefficient (Wildman–Crippen LogP) is 5.65. The van der Waals surface area contributed by atoms with Gasteiger partial charge in [-0.25, -0.2) is 9.97 Å². The Labute approximate surface area is 219 Å². The molecule has 0 spiro atoms. The lowest BCUT2D eigenvalue weighted by atomic mass is 10.0. The third-order valence-corrected chi connectivity index (χ3v) is 7.19. The van der Waals surface area contributed by atoms with E-state index < -0.39 is 0 Å². The number of anilines is 1. The normalized spacial score (nSPS) is 14.7. The molecule has 7 heteroatoms. The first-order chi connectivity index (χ1) is 17.4. The first-order valence-corrected chi connectivity index (χ1v) is 13.0. The van der Waals surface area contributed by atoms with Gasteiger partial charge in [0.05, 0.1) is 22.9 Å². The summed E-state index contributed by atoms with van der Waals surface area (Å²) >= 11 is 6.29. The van der Waals surface area contributed by atoms with Crippen LogP contribution >= 0.6 is 11.6 Å². The van der Waals surface area contributed by atoms with Gasteiger partial charge in [0, 0.05) is 51.2 Å². The van der Waals surface area contributed by atoms with Crippen molar-refractivity contribution < 1.29 is 9.53 Å². The number of ether oxygens (including phenoxy) is 1. The topological polar surface area (TPSA) is 58.6 Å². The number of piperazine rings is 1. The summed E-state index contributed by atoms with van der Waals surface area (Å²) < 4.78 is 5.58. The number of aromatic nitrogens is 2. The summed E-state index contributed by atoms with van der Waals surface area (Å²) in [6.45, 7) is 9.47. The fourth-order valence-corrected chi connectivity index (χ4v) is 4.81. The molecule has 0 saturated carbocycles. The number of hydrogen-bond donors (Lipinski definition) is 0. The summed E-state index contributed by atoms with van der Waals surface area (Å²) in [6, 6.07) is 15.8. The van der Waals surface area contributed by atoms with Crippen LogP contribution in [0.15, 0.2) is 48.5 Å². The molecule has 2 heterocycles. The van der Waals surface area contributed by atoms with Crippen LogP contribution in [0.5, 0.6) is 0 Å². The predicted molar refractivity (Wildman–Crippen MR) is 145 cm³/mol. The van der Waals surface area contributed by atoms with Crippen molar-refractivity contribution in [3.05, 3.63) is 87.3 Å². The van der Waals surface area contributed by atoms with Crippen molar-refractivity contribution in [2.24, 2.45) is 0 Å². The van der Waals surface area contributed by atoms with Gasteiger partial charge in [0.25, 0.3) is 5.91 Å². The fraction of sp³-hybridized carbons (Fsp3) is 0.414. The summed E-state index contributed by atoms with van der Waals surface area (Å²) in [6.07, 6.45) is 1.69. The van der Waals surface area contributed by atoms with Crippen LogP contribution in [0.1, 0.15) is 64.8 Å². The van der Waals surface area contributed by atoms with Crippen LogP contribution in [-0.2, 0) is 17.8 Å². The molecule has 0 radical (unpaired) electrons. The van der Waals surface area contributed by atoms with Crippen LogP contribution in [0, 0.1) is 6.92 Å². The Morgan fingerprint density at radius 1 is 1.08 bits per heavy atom. The average molecular weight is 507 g/mol. The Balaban J connectivity index is 1.65. The van der Waals surface area contributed by atoms with E-state index in [-0.39, 0.29) is 11.8 Å². The second kappa shape index (κ2) is 11.8. The summed E-state index contributed by atoms with van der Waals surface area (Å²) in [7, 11) is 1.71. The van der Waals surface area contributed by atoms with Crippen molar-refractivity contribution in [1.29, 1.82) is 0 Å². The minimum atomic E-state index is -0.0247. The van der Waals surface area contributed by atoms with Gasteiger partial charge in [0.1, 0.15) is 11.6 Å². The number of benzene rings is 2. The summed E-state index contributed by atoms with van der Waals surface area (Å²) in [5.41, 5.74) is 5.04. The summed E-state index contributed by atoms with van der Waals surface area (Å²) in [5.74, 6) is 2.03. The molecular weight excluding hydrogens is 472 g/mol. The van der Waals surface area contributed by atoms with E-state index in [1.807, 2.05) is 17.0 Å². The number of rotatable bonds is 8. The number of hydrogen-bond acceptors (Lipinski definition) is 5. The number of carbonyl (C=O) groups excluding carboxylic acids is 1. The maximum Gasteiger partial charge on any atom is 0.255 e. The third kappa shape index (κ3) is 5.88. The van der Waals surface area contributed by atoms with E-state index >= 15 is 0 Å². The zero-order chi connectivity index (χ0) is 25.7. The van der Waals surface area contributed by atoms with Crippen LogP contribution in [0.2, 0.25) is 5.02 Å². The number of nitrogens with zero attached hydrogens (tertiary/aromatic N) is 4. The van der Waals surface area contributed by atoms with E-state index in [4.69, 9.17) is 26.3 Å². The molecule has 4 rings (SSSR count). The van der Waals surface area contributed by atoms with Crippen LogP contribution in [0.25, 0.3) is 0 Å². The van der Waals surface area contributed by atoms with E-state index in [0.29, 0.717) is 43.4 Å². The van der Waals surface area contributed by atoms with Gasteiger partial charge in [-0.3, -0.25) is 4.79 Å². The largest absolute Gasteiger partial charge is 0.378 e. The first-order valence-electron chi connectivity index (χ1n) is 12.6. The van der Waals surface area contributed by atoms with Gasteiger partial charge in [-0.05, 0) is 31.0 Å². The molecule has 36 heavy (non-hydrogen) atoms. The van der Waals surface area contributed by atoms with E-state index in [0.717, 1.165) is 35.7 Å². The number of halogens is 1. The molecule has 1 fully saturated rings. The van der Waals surface area contributed by atoms with Crippen LogP contribution in [-0.4, -0.2) is 54.1 Å². The highest BCUT2D eigenvalue weighted by molar-refractivity contribution is 6.33. The zero-order valence-corrected chi connectivity index (χ0v) is 22.4. The summed E-state index contributed by atoms with van der Waals surface area (Å²) in [5, 5.41) is 0.489. The van der Waals surface area contributed by atoms with Gasteiger partial charge < -0.3 is 14.5 Å². The van der Waals surface area contributed by atoms with E-state index in [1.54, 1.807) is 19.2 Å². The molecule has 6 nitrogen and oxygen atoms in total. The Bertz CT molecular complexity index is 1210. The van der Waals surface area contributed by atoms with Crippen LogP contribution in [0.3, 0.4) is 0 Å². The Morgan fingerprint density at radius 3 is 2.50 bits per heavy atom. The minimum absolute atomic E-state index is 0.0247. The van der Waals surface area contributed by atoms with Crippen molar-refractivity contribution in [3.63, 3.8) is 0 Å². The highest BCUT2D eigenvalue weighted by atomic mass is 35.5. The van der Waals surface area contributed by atoms with Crippen molar-refractivity contribution in [2.75, 3.05) is 38.2 Å². The van der Waals surface area contributed by atoms with Gasteiger partial charge in [-0.2, -0.15) is 0 Å². The SMILES string of the molecule is CCC(C)c1nc(COC)c(Cc2cccc(C)c2)c(N2CCN(C(=O)c3ccccc3Cl)CC2)n1. The standard InChI is InChI=1S/C29H35ClN4O2/c1-5-21(3)27-31-26(19-36-4)24(18-22-10-8-9-20(2)17-22)28(32-27)33-13-15-34(16-14-33)29(35)23-11-6-7-12-25(23)30/h6-12,17,21H,5,13-16,18-19H2,1-4H3. The highest BCUT2D eigenvalue weighted by Gasteiger charge is 2.27. The second-order valence-electron chi connectivity index (χ2n) is 9.50. The van der Waals surface area contributed by atoms with Gasteiger partial charge >= 0.3 is 0 Å². The lowest BCUT2D eigenvalue weighted by Gasteiger charge is -2.37. The smallest absolute Gasteiger partial charge is 0.255 e. The maximum atomic E-state index is 13.1. The highest BCUT2D eigenvalue weighted by Crippen LogP contribution is 2.29. The maximum absolute atomic E-state index is 13.1. The molecule has 1 aliphatic rings. The van der Waals surface area contributed by atoms with Gasteiger partial charge in [-0.15, -0.1) is 0 Å². The summed E-state index contributed by atoms with van der Waals surface area (Å²) in [4.78, 5) is 27.3. The molecule has 1 unspecified atom stereocenters. The molecule has 3 aromatic rings. The van der Waals surface area contributed by atoms with E-state index in [9.17, 15) is 4.79 Å². The third-order valence-electron chi connectivity index (χ3n) is 6.86. The average Bonchev–Trinajstić information content (AvgIpc) is 2.89. The molecule has 1 aromatic heterocycles. The minimum Gasteiger partial charge on any atom is -0.378 e. The van der Waals surface area contributed by atoms with Crippen molar-refractivity contribution in [3.8, 4) is 0 Å². The Hall–Kier alpha value is -2.96. The van der Waals surface area contributed by atoms with Crippen molar-refractivity contribution >= 4 is 23.3 Å². The molecule has 1 atom stereocenters. The molecule has 1 aliphatic heterocycles. The van der Waals surface area contributed by atoms with Gasteiger partial charge in [-0.1, -0.05) is 67.4 Å². The molecule has 0 aliphatic carbocycles. The van der Waals surface area contributed by atoms with E-state index in [1.165, 1.54) is 11.1 Å². The quantitative estimate of drug-likeness (QED) is 0.395. The van der Waals surface area contributed by atoms with Crippen molar-refractivity contribution in [1.82, 2.24) is 14.9 Å². The second-order valence-corrected chi connectivity index (χ2v) is 9.91. The van der Waals surface area contributed by atoms with Crippen molar-refractivity contribution in [2.45, 2.75) is 46.1 Å². The zero-order valence-electron chi connectivity index (χ0n) is 21.6. The molecule has 0 bridgehead atoms.